The smallest absolute Gasteiger partial charge is 0.338 e. The van der Waals surface area contributed by atoms with E-state index in [1.54, 1.807) is 36.4 Å². The normalized spacial score (nSPS) is 11.1. The molecule has 0 aromatic heterocycles. The molecule has 0 saturated carbocycles. The Balaban J connectivity index is 2.19. The van der Waals surface area contributed by atoms with E-state index in [1.165, 1.54) is 23.9 Å². The molecule has 110 valence electrons. The van der Waals surface area contributed by atoms with Crippen LogP contribution in [0.25, 0.3) is 0 Å². The molecule has 0 unspecified atom stereocenters. The Morgan fingerprint density at radius 3 is 2.10 bits per heavy atom. The summed E-state index contributed by atoms with van der Waals surface area (Å²) in [6.07, 6.45) is 1.91. The van der Waals surface area contributed by atoms with Crippen LogP contribution in [0.1, 0.15) is 15.9 Å². The third kappa shape index (κ3) is 3.86. The van der Waals surface area contributed by atoms with Gasteiger partial charge in [0.15, 0.2) is 0 Å². The van der Waals surface area contributed by atoms with Crippen LogP contribution in [-0.4, -0.2) is 20.6 Å². The van der Waals surface area contributed by atoms with Crippen LogP contribution < -0.4 is 0 Å². The molecule has 2 rings (SSSR count). The van der Waals surface area contributed by atoms with Gasteiger partial charge in [-0.1, -0.05) is 17.7 Å². The van der Waals surface area contributed by atoms with Gasteiger partial charge in [0.25, 0.3) is 0 Å². The first-order valence-electron chi connectivity index (χ1n) is 6.12. The van der Waals surface area contributed by atoms with E-state index < -0.39 is 16.1 Å². The molecule has 21 heavy (non-hydrogen) atoms. The standard InChI is InChI=1S/C15H14O4S2/c1-11-3-9-14(10-4-11)21(17,18)19-15(16)12-5-7-13(20-2)8-6-12/h3-10H,1-2H3. The van der Waals surface area contributed by atoms with Crippen molar-refractivity contribution in [3.05, 3.63) is 59.7 Å². The van der Waals surface area contributed by atoms with Gasteiger partial charge >= 0.3 is 16.1 Å². The molecule has 4 nitrogen and oxygen atoms in total. The highest BCUT2D eigenvalue weighted by molar-refractivity contribution is 7.98. The summed E-state index contributed by atoms with van der Waals surface area (Å²) in [6, 6.07) is 12.7. The summed E-state index contributed by atoms with van der Waals surface area (Å²) >= 11 is 1.53. The van der Waals surface area contributed by atoms with Gasteiger partial charge in [-0.25, -0.2) is 4.79 Å². The zero-order valence-corrected chi connectivity index (χ0v) is 13.2. The van der Waals surface area contributed by atoms with Crippen molar-refractivity contribution in [2.24, 2.45) is 0 Å². The Hall–Kier alpha value is -1.79. The van der Waals surface area contributed by atoms with E-state index in [0.717, 1.165) is 10.5 Å². The van der Waals surface area contributed by atoms with E-state index in [0.29, 0.717) is 0 Å². The van der Waals surface area contributed by atoms with Gasteiger partial charge in [0.1, 0.15) is 4.90 Å². The number of rotatable bonds is 4. The first kappa shape index (κ1) is 15.6. The SMILES string of the molecule is CSc1ccc(C(=O)OS(=O)(=O)c2ccc(C)cc2)cc1. The fourth-order valence-electron chi connectivity index (χ4n) is 1.63. The van der Waals surface area contributed by atoms with Crippen molar-refractivity contribution in [2.45, 2.75) is 16.7 Å². The highest BCUT2D eigenvalue weighted by Crippen LogP contribution is 2.18. The van der Waals surface area contributed by atoms with Crippen LogP contribution in [0.4, 0.5) is 0 Å². The lowest BCUT2D eigenvalue weighted by Gasteiger charge is -2.06. The molecule has 0 N–H and O–H groups in total. The molecular weight excluding hydrogens is 308 g/mol. The lowest BCUT2D eigenvalue weighted by atomic mass is 10.2. The van der Waals surface area contributed by atoms with Gasteiger partial charge in [-0.15, -0.1) is 11.8 Å². The first-order valence-corrected chi connectivity index (χ1v) is 8.75. The van der Waals surface area contributed by atoms with E-state index in [2.05, 4.69) is 4.18 Å². The molecule has 0 heterocycles. The third-order valence-corrected chi connectivity index (χ3v) is 4.78. The van der Waals surface area contributed by atoms with Crippen LogP contribution in [0.2, 0.25) is 0 Å². The molecule has 0 amide bonds. The van der Waals surface area contributed by atoms with Crippen molar-refractivity contribution in [1.29, 1.82) is 0 Å². The number of carbonyl (C=O) groups is 1. The second-order valence-corrected chi connectivity index (χ2v) is 6.79. The summed E-state index contributed by atoms with van der Waals surface area (Å²) in [5.74, 6) is -0.886. The van der Waals surface area contributed by atoms with Crippen molar-refractivity contribution in [1.82, 2.24) is 0 Å². The Kier molecular flexibility index (Phi) is 4.69. The molecule has 0 saturated heterocycles. The monoisotopic (exact) mass is 322 g/mol. The van der Waals surface area contributed by atoms with Crippen molar-refractivity contribution in [3.8, 4) is 0 Å². The summed E-state index contributed by atoms with van der Waals surface area (Å²) in [5, 5.41) is 0. The Labute approximate surface area is 128 Å². The summed E-state index contributed by atoms with van der Waals surface area (Å²) in [6.45, 7) is 1.84. The number of carbonyl (C=O) groups excluding carboxylic acids is 1. The van der Waals surface area contributed by atoms with E-state index in [9.17, 15) is 13.2 Å². The largest absolute Gasteiger partial charge is 0.354 e. The van der Waals surface area contributed by atoms with Gasteiger partial charge in [-0.05, 0) is 49.6 Å². The molecule has 6 heteroatoms. The fourth-order valence-corrected chi connectivity index (χ4v) is 2.90. The van der Waals surface area contributed by atoms with Crippen LogP contribution in [0.5, 0.6) is 0 Å². The second-order valence-electron chi connectivity index (χ2n) is 4.37. The van der Waals surface area contributed by atoms with Crippen molar-refractivity contribution >= 4 is 27.8 Å². The number of thioether (sulfide) groups is 1. The van der Waals surface area contributed by atoms with Gasteiger partial charge < -0.3 is 4.18 Å². The van der Waals surface area contributed by atoms with E-state index >= 15 is 0 Å². The Bertz CT molecular complexity index is 732. The summed E-state index contributed by atoms with van der Waals surface area (Å²) in [5.41, 5.74) is 1.12. The molecule has 0 aliphatic carbocycles. The molecule has 0 radical (unpaired) electrons. The van der Waals surface area contributed by atoms with Gasteiger partial charge in [-0.3, -0.25) is 0 Å². The maximum Gasteiger partial charge on any atom is 0.354 e. The van der Waals surface area contributed by atoms with Crippen LogP contribution in [0, 0.1) is 6.92 Å². The summed E-state index contributed by atoms with van der Waals surface area (Å²) in [4.78, 5) is 12.8. The molecule has 0 atom stereocenters. The molecule has 2 aromatic rings. The van der Waals surface area contributed by atoms with Gasteiger partial charge in [0.05, 0.1) is 5.56 Å². The van der Waals surface area contributed by atoms with Crippen molar-refractivity contribution < 1.29 is 17.4 Å². The van der Waals surface area contributed by atoms with E-state index in [1.807, 2.05) is 13.2 Å². The maximum absolute atomic E-state index is 12.0. The molecule has 0 bridgehead atoms. The number of hydrogen-bond acceptors (Lipinski definition) is 5. The first-order chi connectivity index (χ1) is 9.92. The Morgan fingerprint density at radius 1 is 1.00 bits per heavy atom. The molecule has 0 aliphatic heterocycles. The van der Waals surface area contributed by atoms with Gasteiger partial charge in [-0.2, -0.15) is 8.42 Å². The minimum Gasteiger partial charge on any atom is -0.338 e. The molecule has 0 fully saturated rings. The maximum atomic E-state index is 12.0. The van der Waals surface area contributed by atoms with Crippen molar-refractivity contribution in [2.75, 3.05) is 6.26 Å². The predicted molar refractivity (Wildman–Crippen MR) is 82.0 cm³/mol. The van der Waals surface area contributed by atoms with Crippen LogP contribution in [-0.2, 0) is 14.3 Å². The third-order valence-electron chi connectivity index (χ3n) is 2.82. The van der Waals surface area contributed by atoms with Crippen LogP contribution in [0.15, 0.2) is 58.3 Å². The van der Waals surface area contributed by atoms with Gasteiger partial charge in [0, 0.05) is 4.90 Å². The number of benzene rings is 2. The predicted octanol–water partition coefficient (Wildman–Crippen LogP) is 3.26. The van der Waals surface area contributed by atoms with Crippen LogP contribution >= 0.6 is 11.8 Å². The number of aryl methyl sites for hydroxylation is 1. The molecular formula is C15H14O4S2. The number of hydrogen-bond donors (Lipinski definition) is 0. The minimum atomic E-state index is -4.09. The summed E-state index contributed by atoms with van der Waals surface area (Å²) < 4.78 is 28.7. The van der Waals surface area contributed by atoms with Gasteiger partial charge in [0.2, 0.25) is 0 Å². The van der Waals surface area contributed by atoms with E-state index in [-0.39, 0.29) is 10.5 Å². The molecule has 2 aromatic carbocycles. The van der Waals surface area contributed by atoms with E-state index in [4.69, 9.17) is 0 Å². The highest BCUT2D eigenvalue weighted by Gasteiger charge is 2.21. The van der Waals surface area contributed by atoms with Crippen molar-refractivity contribution in [3.63, 3.8) is 0 Å². The molecule has 0 spiro atoms. The average molecular weight is 322 g/mol. The fraction of sp³-hybridized carbons (Fsp3) is 0.133. The topological polar surface area (TPSA) is 60.4 Å². The zero-order valence-electron chi connectivity index (χ0n) is 11.6. The van der Waals surface area contributed by atoms with Crippen LogP contribution in [0.3, 0.4) is 0 Å². The minimum absolute atomic E-state index is 0.0396. The Morgan fingerprint density at radius 2 is 1.57 bits per heavy atom. The zero-order chi connectivity index (χ0) is 15.5. The molecule has 0 aliphatic rings. The average Bonchev–Trinajstić information content (AvgIpc) is 2.47. The lowest BCUT2D eigenvalue weighted by molar-refractivity contribution is 0.0746. The quantitative estimate of drug-likeness (QED) is 0.639. The highest BCUT2D eigenvalue weighted by atomic mass is 32.2. The lowest BCUT2D eigenvalue weighted by Crippen LogP contribution is -2.13. The second kappa shape index (κ2) is 6.32. The summed E-state index contributed by atoms with van der Waals surface area (Å²) in [7, 11) is -4.09.